The van der Waals surface area contributed by atoms with Crippen molar-refractivity contribution in [2.45, 2.75) is 53.1 Å². The maximum Gasteiger partial charge on any atom is 0.312 e. The van der Waals surface area contributed by atoms with E-state index in [1.807, 2.05) is 26.8 Å². The molecule has 3 nitrogen and oxygen atoms in total. The van der Waals surface area contributed by atoms with E-state index in [2.05, 4.69) is 0 Å². The van der Waals surface area contributed by atoms with Crippen molar-refractivity contribution in [1.29, 1.82) is 5.26 Å². The third-order valence-electron chi connectivity index (χ3n) is 2.31. The lowest BCUT2D eigenvalue weighted by molar-refractivity contribution is -0.167. The van der Waals surface area contributed by atoms with Gasteiger partial charge in [-0.05, 0) is 34.1 Å². The van der Waals surface area contributed by atoms with Gasteiger partial charge in [-0.15, -0.1) is 0 Å². The van der Waals surface area contributed by atoms with Gasteiger partial charge in [0.25, 0.3) is 0 Å². The van der Waals surface area contributed by atoms with E-state index in [0.29, 0.717) is 0 Å². The summed E-state index contributed by atoms with van der Waals surface area (Å²) in [6, 6.07) is 2.01. The fourth-order valence-electron chi connectivity index (χ4n) is 0.760. The molecule has 14 heavy (non-hydrogen) atoms. The molecule has 0 bridgehead atoms. The van der Waals surface area contributed by atoms with Crippen LogP contribution in [0.25, 0.3) is 0 Å². The summed E-state index contributed by atoms with van der Waals surface area (Å²) >= 11 is 0. The van der Waals surface area contributed by atoms with Gasteiger partial charge in [-0.2, -0.15) is 5.26 Å². The molecule has 0 aliphatic carbocycles. The summed E-state index contributed by atoms with van der Waals surface area (Å²) in [5.41, 5.74) is -1.15. The maximum absolute atomic E-state index is 11.7. The Morgan fingerprint density at radius 1 is 1.36 bits per heavy atom. The Balaban J connectivity index is 4.41. The van der Waals surface area contributed by atoms with E-state index < -0.39 is 11.0 Å². The van der Waals surface area contributed by atoms with Gasteiger partial charge in [0.15, 0.2) is 0 Å². The van der Waals surface area contributed by atoms with Gasteiger partial charge in [0.05, 0.1) is 17.9 Å². The highest BCUT2D eigenvalue weighted by Crippen LogP contribution is 2.25. The van der Waals surface area contributed by atoms with Gasteiger partial charge < -0.3 is 4.74 Å². The molecule has 0 saturated carbocycles. The molecule has 0 atom stereocenters. The van der Waals surface area contributed by atoms with Gasteiger partial charge in [0, 0.05) is 0 Å². The molecule has 0 rings (SSSR count). The second kappa shape index (κ2) is 4.45. The predicted molar refractivity (Wildman–Crippen MR) is 54.5 cm³/mol. The van der Waals surface area contributed by atoms with Crippen molar-refractivity contribution in [2.75, 3.05) is 0 Å². The van der Waals surface area contributed by atoms with Crippen LogP contribution in [-0.4, -0.2) is 11.6 Å². The molecule has 0 fully saturated rings. The summed E-state index contributed by atoms with van der Waals surface area (Å²) < 4.78 is 5.27. The number of hydrogen-bond acceptors (Lipinski definition) is 3. The number of hydrogen-bond donors (Lipinski definition) is 0. The average molecular weight is 197 g/mol. The minimum Gasteiger partial charge on any atom is -0.458 e. The summed E-state index contributed by atoms with van der Waals surface area (Å²) in [6.45, 7) is 9.13. The maximum atomic E-state index is 11.7. The second-order valence-corrected chi connectivity index (χ2v) is 4.72. The van der Waals surface area contributed by atoms with E-state index in [4.69, 9.17) is 10.00 Å². The molecule has 0 spiro atoms. The molecule has 0 radical (unpaired) electrons. The zero-order chi connectivity index (χ0) is 11.4. The minimum atomic E-state index is -0.682. The smallest absolute Gasteiger partial charge is 0.312 e. The molecule has 0 aromatic carbocycles. The summed E-state index contributed by atoms with van der Waals surface area (Å²) in [5, 5.41) is 8.53. The van der Waals surface area contributed by atoms with Crippen molar-refractivity contribution in [1.82, 2.24) is 0 Å². The lowest BCUT2D eigenvalue weighted by Crippen LogP contribution is -2.35. The first kappa shape index (κ1) is 13.0. The fourth-order valence-corrected chi connectivity index (χ4v) is 0.760. The van der Waals surface area contributed by atoms with Crippen molar-refractivity contribution >= 4 is 5.97 Å². The normalized spacial score (nSPS) is 12.0. The highest BCUT2D eigenvalue weighted by molar-refractivity contribution is 5.76. The molecule has 0 aromatic heterocycles. The Kier molecular flexibility index (Phi) is 4.12. The topological polar surface area (TPSA) is 50.1 Å². The zero-order valence-electron chi connectivity index (χ0n) is 9.68. The average Bonchev–Trinajstić information content (AvgIpc) is 2.03. The number of nitrogens with zero attached hydrogens (tertiary/aromatic N) is 1. The van der Waals surface area contributed by atoms with Crippen LogP contribution in [0.2, 0.25) is 0 Å². The Labute approximate surface area is 86.1 Å². The van der Waals surface area contributed by atoms with Gasteiger partial charge in [0.2, 0.25) is 0 Å². The molecule has 0 unspecified atom stereocenters. The standard InChI is InChI=1S/C11H19NO2/c1-6-10(2,3)9(13)14-11(4,5)7-8-12/h6-7H2,1-5H3. The molecule has 0 saturated heterocycles. The van der Waals surface area contributed by atoms with Crippen molar-refractivity contribution in [2.24, 2.45) is 5.41 Å². The van der Waals surface area contributed by atoms with E-state index in [-0.39, 0.29) is 12.4 Å². The second-order valence-electron chi connectivity index (χ2n) is 4.72. The highest BCUT2D eigenvalue weighted by Gasteiger charge is 2.32. The summed E-state index contributed by atoms with van der Waals surface area (Å²) in [7, 11) is 0. The van der Waals surface area contributed by atoms with Crippen LogP contribution in [0.5, 0.6) is 0 Å². The number of nitriles is 1. The first-order chi connectivity index (χ1) is 6.25. The van der Waals surface area contributed by atoms with Crippen LogP contribution in [0.4, 0.5) is 0 Å². The quantitative estimate of drug-likeness (QED) is 0.651. The first-order valence-corrected chi connectivity index (χ1v) is 4.85. The minimum absolute atomic E-state index is 0.221. The predicted octanol–water partition coefficient (Wildman–Crippen LogP) is 2.66. The van der Waals surface area contributed by atoms with Crippen LogP contribution >= 0.6 is 0 Å². The molecular weight excluding hydrogens is 178 g/mol. The highest BCUT2D eigenvalue weighted by atomic mass is 16.6. The molecule has 0 N–H and O–H groups in total. The Morgan fingerprint density at radius 3 is 2.21 bits per heavy atom. The Hall–Kier alpha value is -1.04. The van der Waals surface area contributed by atoms with Crippen LogP contribution in [0.15, 0.2) is 0 Å². The van der Waals surface area contributed by atoms with Crippen LogP contribution in [-0.2, 0) is 9.53 Å². The Bertz CT molecular complexity index is 249. The zero-order valence-corrected chi connectivity index (χ0v) is 9.68. The van der Waals surface area contributed by atoms with E-state index in [0.717, 1.165) is 6.42 Å². The molecule has 0 aromatic rings. The molecule has 0 amide bonds. The lowest BCUT2D eigenvalue weighted by atomic mass is 9.90. The number of ether oxygens (including phenoxy) is 1. The van der Waals surface area contributed by atoms with E-state index >= 15 is 0 Å². The van der Waals surface area contributed by atoms with Crippen LogP contribution in [0, 0.1) is 16.7 Å². The largest absolute Gasteiger partial charge is 0.458 e. The SMILES string of the molecule is CCC(C)(C)C(=O)OC(C)(C)CC#N. The van der Waals surface area contributed by atoms with Crippen LogP contribution < -0.4 is 0 Å². The number of rotatable bonds is 4. The van der Waals surface area contributed by atoms with E-state index in [1.165, 1.54) is 0 Å². The first-order valence-electron chi connectivity index (χ1n) is 4.85. The van der Waals surface area contributed by atoms with Gasteiger partial charge in [-0.3, -0.25) is 4.79 Å². The van der Waals surface area contributed by atoms with Crippen molar-refractivity contribution in [3.63, 3.8) is 0 Å². The van der Waals surface area contributed by atoms with Crippen molar-refractivity contribution in [3.8, 4) is 6.07 Å². The number of esters is 1. The van der Waals surface area contributed by atoms with E-state index in [9.17, 15) is 4.79 Å². The number of carbonyl (C=O) groups excluding carboxylic acids is 1. The third-order valence-corrected chi connectivity index (χ3v) is 2.31. The molecule has 0 aliphatic heterocycles. The summed E-state index contributed by atoms with van der Waals surface area (Å²) in [6.07, 6.45) is 0.951. The van der Waals surface area contributed by atoms with Crippen molar-refractivity contribution in [3.05, 3.63) is 0 Å². The monoisotopic (exact) mass is 197 g/mol. The molecule has 80 valence electrons. The van der Waals surface area contributed by atoms with Crippen LogP contribution in [0.3, 0.4) is 0 Å². The third kappa shape index (κ3) is 3.78. The van der Waals surface area contributed by atoms with Crippen molar-refractivity contribution < 1.29 is 9.53 Å². The molecule has 0 heterocycles. The summed E-state index contributed by atoms with van der Waals surface area (Å²) in [5.74, 6) is -0.236. The van der Waals surface area contributed by atoms with Gasteiger partial charge in [0.1, 0.15) is 5.60 Å². The van der Waals surface area contributed by atoms with Gasteiger partial charge in [-0.25, -0.2) is 0 Å². The van der Waals surface area contributed by atoms with E-state index in [1.54, 1.807) is 13.8 Å². The Morgan fingerprint density at radius 2 is 1.86 bits per heavy atom. The molecule has 0 aliphatic rings. The fraction of sp³-hybridized carbons (Fsp3) is 0.818. The molecular formula is C11H19NO2. The van der Waals surface area contributed by atoms with Gasteiger partial charge >= 0.3 is 5.97 Å². The lowest BCUT2D eigenvalue weighted by Gasteiger charge is -2.28. The number of carbonyl (C=O) groups is 1. The summed E-state index contributed by atoms with van der Waals surface area (Å²) in [4.78, 5) is 11.7. The van der Waals surface area contributed by atoms with Crippen LogP contribution in [0.1, 0.15) is 47.5 Å². The molecule has 3 heteroatoms. The van der Waals surface area contributed by atoms with Gasteiger partial charge in [-0.1, -0.05) is 6.92 Å².